The number of methoxy groups -OCH3 is 1. The summed E-state index contributed by atoms with van der Waals surface area (Å²) in [6.45, 7) is 2.52. The molecule has 24 heavy (non-hydrogen) atoms. The van der Waals surface area contributed by atoms with E-state index in [4.69, 9.17) is 4.74 Å². The van der Waals surface area contributed by atoms with Gasteiger partial charge >= 0.3 is 0 Å². The monoisotopic (exact) mass is 332 g/mol. The van der Waals surface area contributed by atoms with Gasteiger partial charge in [0.05, 0.1) is 18.4 Å². The summed E-state index contributed by atoms with van der Waals surface area (Å²) >= 11 is 0. The number of nitrogens with zero attached hydrogens (tertiary/aromatic N) is 4. The van der Waals surface area contributed by atoms with E-state index in [-0.39, 0.29) is 17.4 Å². The van der Waals surface area contributed by atoms with Crippen LogP contribution >= 0.6 is 0 Å². The van der Waals surface area contributed by atoms with E-state index in [2.05, 4.69) is 14.5 Å². The largest absolute Gasteiger partial charge is 0.383 e. The fraction of sp³-hybridized carbons (Fsp3) is 0.471. The van der Waals surface area contributed by atoms with E-state index in [1.165, 1.54) is 12.3 Å². The highest BCUT2D eigenvalue weighted by molar-refractivity contribution is 5.94. The molecule has 0 saturated carbocycles. The Labute approximate surface area is 140 Å². The second-order valence-corrected chi connectivity index (χ2v) is 5.92. The minimum atomic E-state index is -0.578. The number of aromatic nitrogens is 3. The van der Waals surface area contributed by atoms with Crippen LogP contribution in [-0.4, -0.2) is 52.1 Å². The van der Waals surface area contributed by atoms with Crippen LogP contribution in [0, 0.1) is 5.82 Å². The van der Waals surface area contributed by atoms with Crippen LogP contribution in [0.15, 0.2) is 30.9 Å². The number of imidazole rings is 1. The maximum atomic E-state index is 13.8. The zero-order valence-corrected chi connectivity index (χ0v) is 13.7. The molecule has 2 aromatic heterocycles. The third-order valence-corrected chi connectivity index (χ3v) is 4.36. The Morgan fingerprint density at radius 3 is 3.12 bits per heavy atom. The Bertz CT molecular complexity index is 703. The second-order valence-electron chi connectivity index (χ2n) is 5.92. The van der Waals surface area contributed by atoms with E-state index in [1.54, 1.807) is 18.2 Å². The Morgan fingerprint density at radius 1 is 1.46 bits per heavy atom. The van der Waals surface area contributed by atoms with Crippen molar-refractivity contribution in [2.45, 2.75) is 25.3 Å². The molecule has 1 saturated heterocycles. The van der Waals surface area contributed by atoms with E-state index in [1.807, 2.05) is 6.20 Å². The van der Waals surface area contributed by atoms with Crippen LogP contribution in [0.4, 0.5) is 4.39 Å². The number of amides is 1. The Hall–Kier alpha value is -2.28. The van der Waals surface area contributed by atoms with Gasteiger partial charge in [0, 0.05) is 51.3 Å². The summed E-state index contributed by atoms with van der Waals surface area (Å²) in [6.07, 6.45) is 8.06. The summed E-state index contributed by atoms with van der Waals surface area (Å²) in [5, 5.41) is 0. The average Bonchev–Trinajstić information content (AvgIpc) is 3.08. The van der Waals surface area contributed by atoms with Gasteiger partial charge in [-0.2, -0.15) is 0 Å². The fourth-order valence-electron chi connectivity index (χ4n) is 3.15. The molecule has 3 rings (SSSR count). The third kappa shape index (κ3) is 3.46. The lowest BCUT2D eigenvalue weighted by Gasteiger charge is -2.32. The first kappa shape index (κ1) is 16.6. The normalized spacial score (nSPS) is 17.9. The van der Waals surface area contributed by atoms with Gasteiger partial charge in [-0.25, -0.2) is 9.37 Å². The van der Waals surface area contributed by atoms with Crippen LogP contribution in [0.5, 0.6) is 0 Å². The van der Waals surface area contributed by atoms with E-state index >= 15 is 0 Å². The number of hydrogen-bond acceptors (Lipinski definition) is 4. The van der Waals surface area contributed by atoms with Crippen molar-refractivity contribution < 1.29 is 13.9 Å². The quantitative estimate of drug-likeness (QED) is 0.841. The van der Waals surface area contributed by atoms with Crippen molar-refractivity contribution in [1.29, 1.82) is 0 Å². The van der Waals surface area contributed by atoms with Crippen LogP contribution < -0.4 is 0 Å². The molecule has 0 N–H and O–H groups in total. The van der Waals surface area contributed by atoms with Crippen molar-refractivity contribution in [2.75, 3.05) is 26.8 Å². The minimum absolute atomic E-state index is 0.0772. The molecule has 3 heterocycles. The Balaban J connectivity index is 1.74. The highest BCUT2D eigenvalue weighted by Crippen LogP contribution is 2.27. The molecule has 128 valence electrons. The van der Waals surface area contributed by atoms with Gasteiger partial charge in [0.1, 0.15) is 5.82 Å². The zero-order valence-electron chi connectivity index (χ0n) is 13.7. The number of ether oxygens (including phenoxy) is 1. The van der Waals surface area contributed by atoms with Crippen molar-refractivity contribution in [3.63, 3.8) is 0 Å². The van der Waals surface area contributed by atoms with Crippen molar-refractivity contribution in [3.8, 4) is 0 Å². The van der Waals surface area contributed by atoms with Crippen LogP contribution in [-0.2, 0) is 11.3 Å². The fourth-order valence-corrected chi connectivity index (χ4v) is 3.15. The van der Waals surface area contributed by atoms with E-state index in [0.717, 1.165) is 31.4 Å². The summed E-state index contributed by atoms with van der Waals surface area (Å²) in [5.74, 6) is 0.250. The molecule has 1 atom stereocenters. The van der Waals surface area contributed by atoms with Crippen LogP contribution in [0.3, 0.4) is 0 Å². The third-order valence-electron chi connectivity index (χ3n) is 4.36. The molecule has 1 amide bonds. The molecule has 2 aromatic rings. The summed E-state index contributed by atoms with van der Waals surface area (Å²) in [5.41, 5.74) is 0.0772. The molecule has 0 bridgehead atoms. The van der Waals surface area contributed by atoms with Crippen molar-refractivity contribution in [3.05, 3.63) is 48.1 Å². The second kappa shape index (κ2) is 7.53. The van der Waals surface area contributed by atoms with E-state index in [9.17, 15) is 9.18 Å². The van der Waals surface area contributed by atoms with Gasteiger partial charge in [0.15, 0.2) is 5.82 Å². The smallest absolute Gasteiger partial charge is 0.256 e. The first-order valence-corrected chi connectivity index (χ1v) is 8.09. The number of halogens is 1. The number of rotatable bonds is 5. The van der Waals surface area contributed by atoms with Crippen LogP contribution in [0.2, 0.25) is 0 Å². The van der Waals surface area contributed by atoms with Gasteiger partial charge in [-0.05, 0) is 18.9 Å². The number of pyridine rings is 1. The van der Waals surface area contributed by atoms with E-state index in [0.29, 0.717) is 19.7 Å². The summed E-state index contributed by atoms with van der Waals surface area (Å²) in [4.78, 5) is 22.5. The lowest BCUT2D eigenvalue weighted by atomic mass is 9.96. The van der Waals surface area contributed by atoms with E-state index < -0.39 is 5.82 Å². The number of likely N-dealkylation sites (tertiary alicyclic amines) is 1. The number of carbonyl (C=O) groups excluding carboxylic acids is 1. The lowest BCUT2D eigenvalue weighted by Crippen LogP contribution is -2.40. The Kier molecular flexibility index (Phi) is 5.20. The number of carbonyl (C=O) groups is 1. The number of hydrogen-bond donors (Lipinski definition) is 0. The predicted molar refractivity (Wildman–Crippen MR) is 86.2 cm³/mol. The van der Waals surface area contributed by atoms with Crippen molar-refractivity contribution in [1.82, 2.24) is 19.4 Å². The summed E-state index contributed by atoms with van der Waals surface area (Å²) in [7, 11) is 1.67. The van der Waals surface area contributed by atoms with Gasteiger partial charge in [-0.3, -0.25) is 9.78 Å². The maximum absolute atomic E-state index is 13.8. The van der Waals surface area contributed by atoms with Crippen molar-refractivity contribution >= 4 is 5.91 Å². The molecule has 1 aliphatic heterocycles. The molecule has 1 aliphatic rings. The average molecular weight is 332 g/mol. The van der Waals surface area contributed by atoms with Gasteiger partial charge < -0.3 is 14.2 Å². The minimum Gasteiger partial charge on any atom is -0.383 e. The van der Waals surface area contributed by atoms with Gasteiger partial charge in [-0.1, -0.05) is 0 Å². The summed E-state index contributed by atoms with van der Waals surface area (Å²) in [6, 6.07) is 1.43. The molecule has 0 aliphatic carbocycles. The number of piperidine rings is 1. The first-order valence-electron chi connectivity index (χ1n) is 8.09. The van der Waals surface area contributed by atoms with Crippen molar-refractivity contribution in [2.24, 2.45) is 0 Å². The topological polar surface area (TPSA) is 60.2 Å². The standard InChI is InChI=1S/C17H21FN4O2/c1-24-10-9-21-8-6-20-16(21)13-3-2-7-22(12-13)17(23)14-4-5-19-11-15(14)18/h4-6,8,11,13H,2-3,7,9-10,12H2,1H3/t13-/m0/s1. The Morgan fingerprint density at radius 2 is 2.33 bits per heavy atom. The SMILES string of the molecule is COCCn1ccnc1[C@H]1CCCN(C(=O)c2ccncc2F)C1. The highest BCUT2D eigenvalue weighted by atomic mass is 19.1. The van der Waals surface area contributed by atoms with Gasteiger partial charge in [0.25, 0.3) is 5.91 Å². The zero-order chi connectivity index (χ0) is 16.9. The summed E-state index contributed by atoms with van der Waals surface area (Å²) < 4.78 is 21.0. The van der Waals surface area contributed by atoms with Crippen LogP contribution in [0.25, 0.3) is 0 Å². The predicted octanol–water partition coefficient (Wildman–Crippen LogP) is 2.08. The highest BCUT2D eigenvalue weighted by Gasteiger charge is 2.29. The molecule has 1 fully saturated rings. The molecular weight excluding hydrogens is 311 g/mol. The molecule has 0 spiro atoms. The van der Waals surface area contributed by atoms with Gasteiger partial charge in [-0.15, -0.1) is 0 Å². The lowest BCUT2D eigenvalue weighted by molar-refractivity contribution is 0.0697. The first-order chi connectivity index (χ1) is 11.7. The molecule has 0 aromatic carbocycles. The van der Waals surface area contributed by atoms with Gasteiger partial charge in [0.2, 0.25) is 0 Å². The molecule has 7 heteroatoms. The molecule has 6 nitrogen and oxygen atoms in total. The molecular formula is C17H21FN4O2. The maximum Gasteiger partial charge on any atom is 0.256 e. The molecule has 0 unspecified atom stereocenters. The molecule has 0 radical (unpaired) electrons. The van der Waals surface area contributed by atoms with Crippen LogP contribution in [0.1, 0.15) is 34.9 Å².